The van der Waals surface area contributed by atoms with Crippen molar-refractivity contribution in [3.63, 3.8) is 0 Å². The molecular weight excluding hydrogens is 164 g/mol. The molecule has 1 aromatic rings. The van der Waals surface area contributed by atoms with Crippen molar-refractivity contribution in [1.82, 2.24) is 19.7 Å². The first-order valence-corrected chi connectivity index (χ1v) is 4.11. The van der Waals surface area contributed by atoms with Gasteiger partial charge in [-0.3, -0.25) is 0 Å². The Labute approximate surface area is 70.7 Å². The molecule has 0 fully saturated rings. The van der Waals surface area contributed by atoms with E-state index in [1.54, 1.807) is 0 Å². The smallest absolute Gasteiger partial charge is 0.120 e. The Kier molecular flexibility index (Phi) is 3.29. The number of aromatic nitrogens is 4. The van der Waals surface area contributed by atoms with Crippen LogP contribution in [0.15, 0.2) is 0 Å². The molecule has 0 unspecified atom stereocenters. The summed E-state index contributed by atoms with van der Waals surface area (Å²) in [6.45, 7) is 2.16. The molecule has 0 saturated carbocycles. The van der Waals surface area contributed by atoms with Gasteiger partial charge in [0.15, 0.2) is 5.82 Å². The highest BCUT2D eigenvalue weighted by Gasteiger charge is 1.99. The highest BCUT2D eigenvalue weighted by molar-refractivity contribution is 6.13. The topological polar surface area (TPSA) is 43.6 Å². The van der Waals surface area contributed by atoms with Crippen LogP contribution in [0.4, 0.5) is 0 Å². The summed E-state index contributed by atoms with van der Waals surface area (Å²) in [4.78, 5) is 0. The molecule has 4 nitrogen and oxygen atoms in total. The third-order valence-electron chi connectivity index (χ3n) is 1.44. The number of tetrazole rings is 1. The first kappa shape index (κ1) is 8.46. The maximum atomic E-state index is 5.41. The van der Waals surface area contributed by atoms with Crippen molar-refractivity contribution in [2.24, 2.45) is 0 Å². The van der Waals surface area contributed by atoms with Crippen LogP contribution in [-0.4, -0.2) is 19.7 Å². The second-order valence-corrected chi connectivity index (χ2v) is 2.71. The van der Waals surface area contributed by atoms with Crippen molar-refractivity contribution < 1.29 is 0 Å². The minimum Gasteiger partial charge on any atom is -0.120 e. The number of hydrogen-bond donors (Lipinski definition) is 0. The summed E-state index contributed by atoms with van der Waals surface area (Å²) in [5, 5.41) is 11.1. The van der Waals surface area contributed by atoms with E-state index in [4.69, 9.17) is 11.8 Å². The van der Waals surface area contributed by atoms with E-state index in [2.05, 4.69) is 22.3 Å². The standard InChI is InChI=1S/C6H11ClN4/c1-2-3-4-5-6-8-10-11(7)9-6/h2-5H2,1H3. The van der Waals surface area contributed by atoms with Gasteiger partial charge in [-0.2, -0.15) is 0 Å². The number of halogens is 1. The molecule has 1 heterocycles. The van der Waals surface area contributed by atoms with Gasteiger partial charge in [0.1, 0.15) is 0 Å². The van der Waals surface area contributed by atoms with Crippen molar-refractivity contribution in [3.8, 4) is 0 Å². The van der Waals surface area contributed by atoms with Crippen LogP contribution < -0.4 is 0 Å². The monoisotopic (exact) mass is 174 g/mol. The van der Waals surface area contributed by atoms with Gasteiger partial charge in [0.2, 0.25) is 0 Å². The Morgan fingerprint density at radius 3 is 2.82 bits per heavy atom. The number of aryl methyl sites for hydroxylation is 1. The zero-order chi connectivity index (χ0) is 8.10. The van der Waals surface area contributed by atoms with Crippen molar-refractivity contribution >= 4 is 11.8 Å². The Hall–Kier alpha value is -0.640. The molecule has 0 atom stereocenters. The van der Waals surface area contributed by atoms with Gasteiger partial charge < -0.3 is 0 Å². The SMILES string of the molecule is CCCCCc1nnn(Cl)n1. The first-order chi connectivity index (χ1) is 5.33. The second kappa shape index (κ2) is 4.28. The maximum Gasteiger partial charge on any atom is 0.176 e. The van der Waals surface area contributed by atoms with E-state index in [1.165, 1.54) is 12.8 Å². The highest BCUT2D eigenvalue weighted by atomic mass is 35.5. The number of rotatable bonds is 4. The summed E-state index contributed by atoms with van der Waals surface area (Å²) in [5.41, 5.74) is 0. The van der Waals surface area contributed by atoms with E-state index in [0.717, 1.165) is 23.0 Å². The van der Waals surface area contributed by atoms with Gasteiger partial charge >= 0.3 is 0 Å². The third-order valence-corrected chi connectivity index (χ3v) is 1.58. The van der Waals surface area contributed by atoms with E-state index in [9.17, 15) is 0 Å². The van der Waals surface area contributed by atoms with Crippen LogP contribution >= 0.6 is 11.8 Å². The molecule has 0 aliphatic carbocycles. The van der Waals surface area contributed by atoms with Crippen LogP contribution in [0, 0.1) is 0 Å². The molecule has 0 aliphatic heterocycles. The number of hydrogen-bond acceptors (Lipinski definition) is 3. The van der Waals surface area contributed by atoms with E-state index in [0.29, 0.717) is 0 Å². The first-order valence-electron chi connectivity index (χ1n) is 3.78. The summed E-state index contributed by atoms with van der Waals surface area (Å²) in [6.07, 6.45) is 4.39. The van der Waals surface area contributed by atoms with Crippen LogP contribution in [-0.2, 0) is 6.42 Å². The fraction of sp³-hybridized carbons (Fsp3) is 0.833. The number of nitrogens with zero attached hydrogens (tertiary/aromatic N) is 4. The predicted octanol–water partition coefficient (Wildman–Crippen LogP) is 1.41. The minimum atomic E-state index is 0.730. The predicted molar refractivity (Wildman–Crippen MR) is 42.3 cm³/mol. The summed E-state index contributed by atoms with van der Waals surface area (Å²) >= 11 is 5.41. The molecule has 5 heteroatoms. The van der Waals surface area contributed by atoms with Crippen LogP contribution in [0.25, 0.3) is 0 Å². The molecule has 0 aliphatic rings. The molecule has 0 aromatic carbocycles. The van der Waals surface area contributed by atoms with E-state index in [1.807, 2.05) is 0 Å². The maximum absolute atomic E-state index is 5.41. The van der Waals surface area contributed by atoms with Gasteiger partial charge in [0, 0.05) is 6.42 Å². The summed E-state index contributed by atoms with van der Waals surface area (Å²) in [7, 11) is 0. The van der Waals surface area contributed by atoms with Crippen LogP contribution in [0.2, 0.25) is 0 Å². The summed E-state index contributed by atoms with van der Waals surface area (Å²) < 4.78 is 0.973. The molecule has 0 amide bonds. The van der Waals surface area contributed by atoms with E-state index < -0.39 is 0 Å². The zero-order valence-electron chi connectivity index (χ0n) is 6.50. The van der Waals surface area contributed by atoms with Crippen LogP contribution in [0.5, 0.6) is 0 Å². The summed E-state index contributed by atoms with van der Waals surface area (Å²) in [6, 6.07) is 0. The molecule has 0 spiro atoms. The van der Waals surface area contributed by atoms with Gasteiger partial charge in [0.05, 0.1) is 11.8 Å². The van der Waals surface area contributed by atoms with Crippen molar-refractivity contribution in [2.75, 3.05) is 0 Å². The molecule has 1 rings (SSSR count). The largest absolute Gasteiger partial charge is 0.176 e. The molecule has 0 N–H and O–H groups in total. The summed E-state index contributed by atoms with van der Waals surface area (Å²) in [5.74, 6) is 0.730. The van der Waals surface area contributed by atoms with Gasteiger partial charge in [0.25, 0.3) is 0 Å². The molecular formula is C6H11ClN4. The Bertz CT molecular complexity index is 210. The average molecular weight is 175 g/mol. The van der Waals surface area contributed by atoms with Gasteiger partial charge in [-0.05, 0) is 11.6 Å². The fourth-order valence-corrected chi connectivity index (χ4v) is 0.978. The quantitative estimate of drug-likeness (QED) is 0.649. The van der Waals surface area contributed by atoms with Crippen LogP contribution in [0.1, 0.15) is 32.0 Å². The van der Waals surface area contributed by atoms with Crippen molar-refractivity contribution in [2.45, 2.75) is 32.6 Å². The molecule has 1 aromatic heterocycles. The normalized spacial score (nSPS) is 10.4. The molecule has 62 valence electrons. The minimum absolute atomic E-state index is 0.730. The molecule has 0 bridgehead atoms. The molecule has 11 heavy (non-hydrogen) atoms. The van der Waals surface area contributed by atoms with E-state index >= 15 is 0 Å². The molecule has 0 radical (unpaired) electrons. The lowest BCUT2D eigenvalue weighted by molar-refractivity contribution is 0.693. The van der Waals surface area contributed by atoms with Gasteiger partial charge in [-0.1, -0.05) is 24.1 Å². The van der Waals surface area contributed by atoms with Gasteiger partial charge in [-0.15, -0.1) is 10.2 Å². The third kappa shape index (κ3) is 2.84. The lowest BCUT2D eigenvalue weighted by Crippen LogP contribution is -1.89. The van der Waals surface area contributed by atoms with Crippen molar-refractivity contribution in [3.05, 3.63) is 5.82 Å². The average Bonchev–Trinajstić information content (AvgIpc) is 2.37. The van der Waals surface area contributed by atoms with Crippen LogP contribution in [0.3, 0.4) is 0 Å². The van der Waals surface area contributed by atoms with E-state index in [-0.39, 0.29) is 0 Å². The lowest BCUT2D eigenvalue weighted by Gasteiger charge is -1.90. The number of unbranched alkanes of at least 4 members (excludes halogenated alkanes) is 2. The van der Waals surface area contributed by atoms with Gasteiger partial charge in [-0.25, -0.2) is 0 Å². The lowest BCUT2D eigenvalue weighted by atomic mass is 10.2. The zero-order valence-corrected chi connectivity index (χ0v) is 7.25. The fourth-order valence-electron chi connectivity index (χ4n) is 0.857. The highest BCUT2D eigenvalue weighted by Crippen LogP contribution is 1.99. The Balaban J connectivity index is 2.27. The Morgan fingerprint density at radius 2 is 2.27 bits per heavy atom. The Morgan fingerprint density at radius 1 is 1.45 bits per heavy atom. The molecule has 0 saturated heterocycles. The second-order valence-electron chi connectivity index (χ2n) is 2.40. The van der Waals surface area contributed by atoms with Crippen molar-refractivity contribution in [1.29, 1.82) is 0 Å².